The fraction of sp³-hybridized carbons (Fsp3) is 0.700. The first-order chi connectivity index (χ1) is 5.17. The van der Waals surface area contributed by atoms with Crippen LogP contribution in [0.4, 0.5) is 0 Å². The third kappa shape index (κ3) is 1.03. The van der Waals surface area contributed by atoms with Crippen molar-refractivity contribution >= 4 is 6.72 Å². The van der Waals surface area contributed by atoms with Gasteiger partial charge in [-0.25, -0.2) is 0 Å². The number of rotatable bonds is 3. The largest absolute Gasteiger partial charge is 0.294 e. The zero-order valence-electron chi connectivity index (χ0n) is 7.25. The minimum absolute atomic E-state index is 0.226. The van der Waals surface area contributed by atoms with Gasteiger partial charge in [0.05, 0.1) is 5.54 Å². The fourth-order valence-electron chi connectivity index (χ4n) is 2.00. The van der Waals surface area contributed by atoms with Crippen LogP contribution in [0.1, 0.15) is 20.3 Å². The van der Waals surface area contributed by atoms with E-state index in [1.165, 1.54) is 6.42 Å². The Labute approximate surface area is 68.2 Å². The van der Waals surface area contributed by atoms with Crippen molar-refractivity contribution in [2.45, 2.75) is 25.8 Å². The van der Waals surface area contributed by atoms with E-state index >= 15 is 0 Å². The Hall–Kier alpha value is -0.590. The van der Waals surface area contributed by atoms with Crippen LogP contribution in [0.2, 0.25) is 0 Å². The lowest BCUT2D eigenvalue weighted by Gasteiger charge is -2.11. The molecule has 0 amide bonds. The predicted molar refractivity (Wildman–Crippen MR) is 47.9 cm³/mol. The number of hydrogen-bond donors (Lipinski definition) is 0. The summed E-state index contributed by atoms with van der Waals surface area (Å²) >= 11 is 0. The summed E-state index contributed by atoms with van der Waals surface area (Å²) in [5.74, 6) is 2.37. The maximum absolute atomic E-state index is 4.17. The van der Waals surface area contributed by atoms with E-state index in [0.29, 0.717) is 0 Å². The molecule has 2 rings (SSSR count). The second-order valence-electron chi connectivity index (χ2n) is 4.15. The summed E-state index contributed by atoms with van der Waals surface area (Å²) in [7, 11) is 0. The van der Waals surface area contributed by atoms with Gasteiger partial charge in [0.25, 0.3) is 0 Å². The molecule has 0 N–H and O–H groups in total. The van der Waals surface area contributed by atoms with Crippen LogP contribution in [0.3, 0.4) is 0 Å². The summed E-state index contributed by atoms with van der Waals surface area (Å²) in [6, 6.07) is 0. The molecule has 2 aliphatic carbocycles. The number of allylic oxidation sites excluding steroid dienone is 2. The lowest BCUT2D eigenvalue weighted by Crippen LogP contribution is -2.10. The van der Waals surface area contributed by atoms with Gasteiger partial charge >= 0.3 is 0 Å². The first kappa shape index (κ1) is 7.08. The van der Waals surface area contributed by atoms with Gasteiger partial charge in [-0.05, 0) is 37.8 Å². The lowest BCUT2D eigenvalue weighted by molar-refractivity contribution is 0.432. The van der Waals surface area contributed by atoms with E-state index in [1.54, 1.807) is 0 Å². The van der Waals surface area contributed by atoms with Crippen molar-refractivity contribution in [1.29, 1.82) is 0 Å². The van der Waals surface area contributed by atoms with Crippen LogP contribution in [0.25, 0.3) is 0 Å². The molecule has 1 heteroatoms. The third-order valence-electron chi connectivity index (χ3n) is 3.29. The van der Waals surface area contributed by atoms with E-state index in [-0.39, 0.29) is 5.54 Å². The molecule has 1 nitrogen and oxygen atoms in total. The van der Waals surface area contributed by atoms with E-state index < -0.39 is 0 Å². The van der Waals surface area contributed by atoms with Crippen LogP contribution in [0, 0.1) is 17.8 Å². The SMILES string of the molecule is C=NC1(C)CC1C(C)C1C=C1. The highest BCUT2D eigenvalue weighted by Crippen LogP contribution is 2.54. The zero-order valence-corrected chi connectivity index (χ0v) is 7.25. The summed E-state index contributed by atoms with van der Waals surface area (Å²) < 4.78 is 0. The van der Waals surface area contributed by atoms with E-state index in [4.69, 9.17) is 0 Å². The minimum atomic E-state index is 0.226. The molecule has 60 valence electrons. The van der Waals surface area contributed by atoms with Crippen LogP contribution in [-0.2, 0) is 0 Å². The van der Waals surface area contributed by atoms with Crippen molar-refractivity contribution in [3.05, 3.63) is 12.2 Å². The molecule has 0 aliphatic heterocycles. The highest BCUT2D eigenvalue weighted by atomic mass is 14.9. The molecule has 1 fully saturated rings. The summed E-state index contributed by atoms with van der Waals surface area (Å²) in [5.41, 5.74) is 0.226. The molecular formula is C10H15N. The monoisotopic (exact) mass is 149 g/mol. The Morgan fingerprint density at radius 1 is 1.64 bits per heavy atom. The molecule has 1 saturated carbocycles. The molecule has 3 unspecified atom stereocenters. The van der Waals surface area contributed by atoms with Crippen molar-refractivity contribution in [3.8, 4) is 0 Å². The summed E-state index contributed by atoms with van der Waals surface area (Å²) in [5, 5.41) is 0. The van der Waals surface area contributed by atoms with Crippen molar-refractivity contribution in [3.63, 3.8) is 0 Å². The molecule has 0 radical (unpaired) electrons. The number of aliphatic imine (C=N–C) groups is 1. The van der Waals surface area contributed by atoms with E-state index in [1.807, 2.05) is 0 Å². The zero-order chi connectivity index (χ0) is 8.06. The number of nitrogens with zero attached hydrogens (tertiary/aromatic N) is 1. The predicted octanol–water partition coefficient (Wildman–Crippen LogP) is 2.29. The Kier molecular flexibility index (Phi) is 1.26. The maximum atomic E-state index is 4.17. The van der Waals surface area contributed by atoms with E-state index in [2.05, 4.69) is 37.7 Å². The second-order valence-corrected chi connectivity index (χ2v) is 4.15. The molecule has 2 aliphatic rings. The van der Waals surface area contributed by atoms with Crippen LogP contribution in [0.5, 0.6) is 0 Å². The Balaban J connectivity index is 1.94. The summed E-state index contributed by atoms with van der Waals surface area (Å²) in [6.07, 6.45) is 5.81. The van der Waals surface area contributed by atoms with Crippen molar-refractivity contribution < 1.29 is 0 Å². The Morgan fingerprint density at radius 2 is 2.27 bits per heavy atom. The van der Waals surface area contributed by atoms with Crippen molar-refractivity contribution in [1.82, 2.24) is 0 Å². The Bertz CT molecular complexity index is 213. The maximum Gasteiger partial charge on any atom is 0.0608 e. The van der Waals surface area contributed by atoms with Gasteiger partial charge in [-0.15, -0.1) is 0 Å². The summed E-state index contributed by atoms with van der Waals surface area (Å²) in [4.78, 5) is 4.17. The first-order valence-electron chi connectivity index (χ1n) is 4.33. The molecule has 0 heterocycles. The van der Waals surface area contributed by atoms with Gasteiger partial charge in [-0.2, -0.15) is 0 Å². The lowest BCUT2D eigenvalue weighted by atomic mass is 9.96. The van der Waals surface area contributed by atoms with Gasteiger partial charge in [-0.3, -0.25) is 4.99 Å². The molecule has 11 heavy (non-hydrogen) atoms. The number of hydrogen-bond acceptors (Lipinski definition) is 1. The van der Waals surface area contributed by atoms with Gasteiger partial charge < -0.3 is 0 Å². The van der Waals surface area contributed by atoms with Crippen LogP contribution >= 0.6 is 0 Å². The highest BCUT2D eigenvalue weighted by Gasteiger charge is 2.53. The van der Waals surface area contributed by atoms with Gasteiger partial charge in [0, 0.05) is 0 Å². The van der Waals surface area contributed by atoms with E-state index in [9.17, 15) is 0 Å². The topological polar surface area (TPSA) is 12.4 Å². The average Bonchev–Trinajstić information content (AvgIpc) is 2.79. The van der Waals surface area contributed by atoms with Crippen LogP contribution < -0.4 is 0 Å². The molecule has 0 spiro atoms. The molecule has 0 saturated heterocycles. The quantitative estimate of drug-likeness (QED) is 0.431. The fourth-order valence-corrected chi connectivity index (χ4v) is 2.00. The second kappa shape index (κ2) is 1.96. The summed E-state index contributed by atoms with van der Waals surface area (Å²) in [6.45, 7) is 8.17. The molecular weight excluding hydrogens is 134 g/mol. The van der Waals surface area contributed by atoms with Gasteiger partial charge in [0.1, 0.15) is 0 Å². The standard InChI is InChI=1S/C10H15N/c1-7(8-4-5-8)9-6-10(9,2)11-3/h4-5,7-9H,3,6H2,1-2H3. The molecule has 0 aromatic rings. The van der Waals surface area contributed by atoms with Gasteiger partial charge in [0.15, 0.2) is 0 Å². The first-order valence-corrected chi connectivity index (χ1v) is 4.33. The Morgan fingerprint density at radius 3 is 2.64 bits per heavy atom. The van der Waals surface area contributed by atoms with Crippen molar-refractivity contribution in [2.24, 2.45) is 22.7 Å². The van der Waals surface area contributed by atoms with Gasteiger partial charge in [-0.1, -0.05) is 19.1 Å². The van der Waals surface area contributed by atoms with Gasteiger partial charge in [0.2, 0.25) is 0 Å². The third-order valence-corrected chi connectivity index (χ3v) is 3.29. The molecule has 0 aromatic heterocycles. The van der Waals surface area contributed by atoms with Crippen LogP contribution in [0.15, 0.2) is 17.1 Å². The molecule has 0 aromatic carbocycles. The average molecular weight is 149 g/mol. The highest BCUT2D eigenvalue weighted by molar-refractivity contribution is 5.30. The van der Waals surface area contributed by atoms with E-state index in [0.717, 1.165) is 17.8 Å². The smallest absolute Gasteiger partial charge is 0.0608 e. The van der Waals surface area contributed by atoms with Crippen LogP contribution in [-0.4, -0.2) is 12.3 Å². The minimum Gasteiger partial charge on any atom is -0.294 e. The molecule has 3 atom stereocenters. The molecule has 0 bridgehead atoms. The van der Waals surface area contributed by atoms with Crippen molar-refractivity contribution in [2.75, 3.05) is 0 Å². The normalized spacial score (nSPS) is 43.6.